The Morgan fingerprint density at radius 3 is 2.94 bits per heavy atom. The molecule has 100 valence electrons. The van der Waals surface area contributed by atoms with Crippen LogP contribution in [-0.4, -0.2) is 49.8 Å². The molecule has 2 fully saturated rings. The zero-order valence-corrected chi connectivity index (χ0v) is 11.3. The van der Waals surface area contributed by atoms with E-state index in [0.29, 0.717) is 6.04 Å². The predicted molar refractivity (Wildman–Crippen MR) is 71.3 cm³/mol. The fourth-order valence-corrected chi connectivity index (χ4v) is 3.15. The summed E-state index contributed by atoms with van der Waals surface area (Å²) < 4.78 is 5.65. The second-order valence-corrected chi connectivity index (χ2v) is 5.46. The summed E-state index contributed by atoms with van der Waals surface area (Å²) >= 11 is 0. The molecule has 2 heterocycles. The van der Waals surface area contributed by atoms with Crippen LogP contribution in [0, 0.1) is 0 Å². The maximum atomic E-state index is 5.65. The third kappa shape index (κ3) is 3.94. The number of rotatable bonds is 5. The van der Waals surface area contributed by atoms with Crippen molar-refractivity contribution in [1.82, 2.24) is 10.2 Å². The molecule has 0 aliphatic carbocycles. The summed E-state index contributed by atoms with van der Waals surface area (Å²) in [5, 5.41) is 3.59. The van der Waals surface area contributed by atoms with E-state index < -0.39 is 0 Å². The molecule has 0 aromatic carbocycles. The first-order valence-electron chi connectivity index (χ1n) is 7.46. The summed E-state index contributed by atoms with van der Waals surface area (Å²) in [5.74, 6) is 0. The lowest BCUT2D eigenvalue weighted by Gasteiger charge is -2.42. The monoisotopic (exact) mass is 240 g/mol. The molecule has 0 saturated carbocycles. The number of hydrogen-bond donors (Lipinski definition) is 1. The number of hydrogen-bond acceptors (Lipinski definition) is 3. The molecule has 0 spiro atoms. The molecule has 17 heavy (non-hydrogen) atoms. The van der Waals surface area contributed by atoms with E-state index in [1.165, 1.54) is 51.6 Å². The fourth-order valence-electron chi connectivity index (χ4n) is 3.15. The van der Waals surface area contributed by atoms with Gasteiger partial charge in [0.05, 0.1) is 6.61 Å². The Morgan fingerprint density at radius 1 is 1.24 bits per heavy atom. The Hall–Kier alpha value is -0.120. The fraction of sp³-hybridized carbons (Fsp3) is 1.00. The van der Waals surface area contributed by atoms with Gasteiger partial charge < -0.3 is 10.1 Å². The zero-order chi connectivity index (χ0) is 11.9. The second kappa shape index (κ2) is 7.34. The molecule has 3 heteroatoms. The van der Waals surface area contributed by atoms with Crippen molar-refractivity contribution in [3.05, 3.63) is 0 Å². The van der Waals surface area contributed by atoms with E-state index in [4.69, 9.17) is 4.74 Å². The molecule has 2 aliphatic rings. The number of nitrogens with zero attached hydrogens (tertiary/aromatic N) is 1. The van der Waals surface area contributed by atoms with E-state index in [1.807, 2.05) is 0 Å². The van der Waals surface area contributed by atoms with Crippen LogP contribution in [0.4, 0.5) is 0 Å². The van der Waals surface area contributed by atoms with E-state index >= 15 is 0 Å². The Kier molecular flexibility index (Phi) is 5.75. The highest BCUT2D eigenvalue weighted by Gasteiger charge is 2.29. The Morgan fingerprint density at radius 2 is 2.18 bits per heavy atom. The Bertz CT molecular complexity index is 204. The van der Waals surface area contributed by atoms with E-state index in [1.54, 1.807) is 0 Å². The van der Waals surface area contributed by atoms with E-state index in [9.17, 15) is 0 Å². The van der Waals surface area contributed by atoms with Gasteiger partial charge in [0.1, 0.15) is 0 Å². The maximum Gasteiger partial charge on any atom is 0.0621 e. The standard InChI is InChI=1S/C14H28N2O/c1-2-8-15-11-13-6-3-4-9-16(13)14-7-5-10-17-12-14/h13-15H,2-12H2,1H3. The molecule has 0 aromatic heterocycles. The molecule has 0 amide bonds. The number of ether oxygens (including phenoxy) is 1. The van der Waals surface area contributed by atoms with Crippen LogP contribution in [0.25, 0.3) is 0 Å². The average molecular weight is 240 g/mol. The lowest BCUT2D eigenvalue weighted by Crippen LogP contribution is -2.52. The highest BCUT2D eigenvalue weighted by Crippen LogP contribution is 2.23. The molecule has 0 aromatic rings. The van der Waals surface area contributed by atoms with Gasteiger partial charge in [-0.2, -0.15) is 0 Å². The molecule has 0 bridgehead atoms. The van der Waals surface area contributed by atoms with Gasteiger partial charge in [0.15, 0.2) is 0 Å². The lowest BCUT2D eigenvalue weighted by molar-refractivity contribution is -0.0111. The van der Waals surface area contributed by atoms with Gasteiger partial charge in [-0.1, -0.05) is 13.3 Å². The molecule has 2 atom stereocenters. The number of piperidine rings is 1. The van der Waals surface area contributed by atoms with Crippen LogP contribution in [-0.2, 0) is 4.74 Å². The highest BCUT2D eigenvalue weighted by atomic mass is 16.5. The first-order valence-corrected chi connectivity index (χ1v) is 7.46. The van der Waals surface area contributed by atoms with Crippen molar-refractivity contribution < 1.29 is 4.74 Å². The van der Waals surface area contributed by atoms with Gasteiger partial charge in [0, 0.05) is 25.2 Å². The normalized spacial score (nSPS) is 31.6. The third-order valence-electron chi connectivity index (χ3n) is 4.08. The highest BCUT2D eigenvalue weighted by molar-refractivity contribution is 4.85. The minimum atomic E-state index is 0.692. The van der Waals surface area contributed by atoms with Crippen LogP contribution in [0.5, 0.6) is 0 Å². The number of likely N-dealkylation sites (tertiary alicyclic amines) is 1. The van der Waals surface area contributed by atoms with Crippen LogP contribution in [0.2, 0.25) is 0 Å². The summed E-state index contributed by atoms with van der Waals surface area (Å²) in [6, 6.07) is 1.44. The molecule has 2 saturated heterocycles. The molecule has 2 rings (SSSR count). The first-order chi connectivity index (χ1) is 8.42. The van der Waals surface area contributed by atoms with Crippen molar-refractivity contribution in [3.8, 4) is 0 Å². The predicted octanol–water partition coefficient (Wildman–Crippen LogP) is 2.02. The smallest absolute Gasteiger partial charge is 0.0621 e. The van der Waals surface area contributed by atoms with Gasteiger partial charge in [-0.15, -0.1) is 0 Å². The summed E-state index contributed by atoms with van der Waals surface area (Å²) in [6.45, 7) is 7.79. The quantitative estimate of drug-likeness (QED) is 0.744. The average Bonchev–Trinajstić information content (AvgIpc) is 2.41. The lowest BCUT2D eigenvalue weighted by atomic mass is 9.97. The van der Waals surface area contributed by atoms with Gasteiger partial charge in [0.2, 0.25) is 0 Å². The molecule has 2 aliphatic heterocycles. The van der Waals surface area contributed by atoms with E-state index in [-0.39, 0.29) is 0 Å². The topological polar surface area (TPSA) is 24.5 Å². The van der Waals surface area contributed by atoms with Gasteiger partial charge in [-0.3, -0.25) is 4.90 Å². The van der Waals surface area contributed by atoms with Crippen LogP contribution >= 0.6 is 0 Å². The van der Waals surface area contributed by atoms with Crippen LogP contribution in [0.15, 0.2) is 0 Å². The largest absolute Gasteiger partial charge is 0.380 e. The summed E-state index contributed by atoms with van der Waals surface area (Å²) in [7, 11) is 0. The van der Waals surface area contributed by atoms with Crippen molar-refractivity contribution in [1.29, 1.82) is 0 Å². The van der Waals surface area contributed by atoms with Gasteiger partial charge in [-0.25, -0.2) is 0 Å². The third-order valence-corrected chi connectivity index (χ3v) is 4.08. The van der Waals surface area contributed by atoms with Crippen LogP contribution in [0.3, 0.4) is 0 Å². The minimum absolute atomic E-state index is 0.692. The van der Waals surface area contributed by atoms with E-state index in [2.05, 4.69) is 17.1 Å². The minimum Gasteiger partial charge on any atom is -0.380 e. The molecule has 3 nitrogen and oxygen atoms in total. The van der Waals surface area contributed by atoms with Crippen molar-refractivity contribution in [2.45, 2.75) is 57.5 Å². The maximum absolute atomic E-state index is 5.65. The second-order valence-electron chi connectivity index (χ2n) is 5.46. The van der Waals surface area contributed by atoms with Crippen LogP contribution in [0.1, 0.15) is 45.4 Å². The van der Waals surface area contributed by atoms with E-state index in [0.717, 1.165) is 25.8 Å². The van der Waals surface area contributed by atoms with Crippen molar-refractivity contribution in [3.63, 3.8) is 0 Å². The molecular weight excluding hydrogens is 212 g/mol. The Labute approximate surface area is 106 Å². The van der Waals surface area contributed by atoms with Gasteiger partial charge >= 0.3 is 0 Å². The molecular formula is C14H28N2O. The van der Waals surface area contributed by atoms with Gasteiger partial charge in [0.25, 0.3) is 0 Å². The first kappa shape index (κ1) is 13.3. The van der Waals surface area contributed by atoms with Crippen molar-refractivity contribution in [2.75, 3.05) is 32.8 Å². The SMILES string of the molecule is CCCNCC1CCCCN1C1CCCOC1. The molecule has 0 radical (unpaired) electrons. The zero-order valence-electron chi connectivity index (χ0n) is 11.3. The molecule has 2 unspecified atom stereocenters. The summed E-state index contributed by atoms with van der Waals surface area (Å²) in [4.78, 5) is 2.73. The van der Waals surface area contributed by atoms with Gasteiger partial charge in [-0.05, 0) is 45.2 Å². The van der Waals surface area contributed by atoms with Crippen LogP contribution < -0.4 is 5.32 Å². The summed E-state index contributed by atoms with van der Waals surface area (Å²) in [5.41, 5.74) is 0. The van der Waals surface area contributed by atoms with Crippen molar-refractivity contribution in [2.24, 2.45) is 0 Å². The van der Waals surface area contributed by atoms with Crippen molar-refractivity contribution >= 4 is 0 Å². The molecule has 1 N–H and O–H groups in total. The number of nitrogens with one attached hydrogen (secondary N) is 1. The Balaban J connectivity index is 1.82. The summed E-state index contributed by atoms with van der Waals surface area (Å²) in [6.07, 6.45) is 7.97.